The zero-order valence-electron chi connectivity index (χ0n) is 17.1. The fourth-order valence-corrected chi connectivity index (χ4v) is 4.20. The van der Waals surface area contributed by atoms with Crippen LogP contribution in [-0.4, -0.2) is 38.7 Å². The lowest BCUT2D eigenvalue weighted by molar-refractivity contribution is -0.140. The maximum Gasteiger partial charge on any atom is 0.233 e. The topological polar surface area (TPSA) is 84.3 Å². The number of carbonyl (C=O) groups is 3. The first kappa shape index (κ1) is 20.1. The summed E-state index contributed by atoms with van der Waals surface area (Å²) in [4.78, 5) is 42.7. The van der Waals surface area contributed by atoms with Crippen molar-refractivity contribution in [1.82, 2.24) is 19.8 Å². The summed E-state index contributed by atoms with van der Waals surface area (Å²) in [6.45, 7) is 3.25. The van der Waals surface area contributed by atoms with Gasteiger partial charge in [-0.3, -0.25) is 19.3 Å². The van der Waals surface area contributed by atoms with Crippen molar-refractivity contribution in [3.63, 3.8) is 0 Å². The Morgan fingerprint density at radius 3 is 2.50 bits per heavy atom. The summed E-state index contributed by atoms with van der Waals surface area (Å²) < 4.78 is 2.06. The summed E-state index contributed by atoms with van der Waals surface area (Å²) in [5, 5.41) is 2.89. The summed E-state index contributed by atoms with van der Waals surface area (Å²) in [7, 11) is 0. The maximum absolute atomic E-state index is 12.5. The van der Waals surface area contributed by atoms with Crippen LogP contribution < -0.4 is 5.32 Å². The standard InChI is InChI=1S/C23H26N4O3/c1-16-24-10-12-26(16)15-18-6-4-5-17(13-18)14-25-21(28)9-11-27-22(29)19-7-2-3-8-20(19)23(27)30/h2-6,10,12-13,19-20H,7-9,11,14-15H2,1H3,(H,25,28)/t19-,20+. The van der Waals surface area contributed by atoms with Crippen LogP contribution in [0.15, 0.2) is 48.8 Å². The number of hydrogen-bond acceptors (Lipinski definition) is 4. The first-order chi connectivity index (χ1) is 14.5. The SMILES string of the molecule is Cc1nccn1Cc1cccc(CNC(=O)CCN2C(=O)[C@H]3CC=CC[C@H]3C2=O)c1. The smallest absolute Gasteiger partial charge is 0.233 e. The lowest BCUT2D eigenvalue weighted by atomic mass is 9.85. The molecule has 2 heterocycles. The first-order valence-corrected chi connectivity index (χ1v) is 10.4. The van der Waals surface area contributed by atoms with Gasteiger partial charge in [0.2, 0.25) is 17.7 Å². The van der Waals surface area contributed by atoms with E-state index in [1.54, 1.807) is 6.20 Å². The number of likely N-dealkylation sites (tertiary alicyclic amines) is 1. The zero-order valence-corrected chi connectivity index (χ0v) is 17.1. The fraction of sp³-hybridized carbons (Fsp3) is 0.391. The van der Waals surface area contributed by atoms with Crippen LogP contribution in [0.3, 0.4) is 0 Å². The minimum Gasteiger partial charge on any atom is -0.352 e. The third kappa shape index (κ3) is 4.20. The third-order valence-electron chi connectivity index (χ3n) is 5.92. The normalized spacial score (nSPS) is 20.5. The molecule has 156 valence electrons. The van der Waals surface area contributed by atoms with Gasteiger partial charge in [0.05, 0.1) is 11.8 Å². The molecule has 1 aromatic carbocycles. The van der Waals surface area contributed by atoms with E-state index in [1.165, 1.54) is 4.90 Å². The Hall–Kier alpha value is -3.22. The molecule has 0 spiro atoms. The molecule has 3 amide bonds. The predicted octanol–water partition coefficient (Wildman–Crippen LogP) is 2.20. The molecular weight excluding hydrogens is 380 g/mol. The van der Waals surface area contributed by atoms with Crippen molar-refractivity contribution in [2.75, 3.05) is 6.54 Å². The minimum atomic E-state index is -0.243. The van der Waals surface area contributed by atoms with Gasteiger partial charge in [-0.25, -0.2) is 4.98 Å². The second-order valence-corrected chi connectivity index (χ2v) is 7.93. The van der Waals surface area contributed by atoms with Gasteiger partial charge in [0.25, 0.3) is 0 Å². The Morgan fingerprint density at radius 1 is 1.13 bits per heavy atom. The van der Waals surface area contributed by atoms with Crippen molar-refractivity contribution in [2.24, 2.45) is 11.8 Å². The number of nitrogens with one attached hydrogen (secondary N) is 1. The van der Waals surface area contributed by atoms with E-state index in [-0.39, 0.29) is 42.5 Å². The number of fused-ring (bicyclic) bond motifs is 1. The average Bonchev–Trinajstić information content (AvgIpc) is 3.26. The zero-order chi connectivity index (χ0) is 21.1. The van der Waals surface area contributed by atoms with Crippen molar-refractivity contribution >= 4 is 17.7 Å². The van der Waals surface area contributed by atoms with E-state index >= 15 is 0 Å². The molecule has 0 unspecified atom stereocenters. The summed E-state index contributed by atoms with van der Waals surface area (Å²) in [6, 6.07) is 8.05. The van der Waals surface area contributed by atoms with Crippen molar-refractivity contribution in [2.45, 2.75) is 39.3 Å². The third-order valence-corrected chi connectivity index (χ3v) is 5.92. The molecule has 2 atom stereocenters. The number of imidazole rings is 1. The van der Waals surface area contributed by atoms with Crippen LogP contribution in [0.5, 0.6) is 0 Å². The van der Waals surface area contributed by atoms with Gasteiger partial charge in [0, 0.05) is 38.4 Å². The number of allylic oxidation sites excluding steroid dienone is 2. The van der Waals surface area contributed by atoms with Gasteiger partial charge in [-0.15, -0.1) is 0 Å². The molecule has 1 aliphatic heterocycles. The quantitative estimate of drug-likeness (QED) is 0.564. The summed E-state index contributed by atoms with van der Waals surface area (Å²) in [5.41, 5.74) is 2.14. The number of carbonyl (C=O) groups excluding carboxylic acids is 3. The molecule has 30 heavy (non-hydrogen) atoms. The van der Waals surface area contributed by atoms with Crippen LogP contribution in [0.25, 0.3) is 0 Å². The van der Waals surface area contributed by atoms with Gasteiger partial charge in [0.15, 0.2) is 0 Å². The van der Waals surface area contributed by atoms with E-state index in [1.807, 2.05) is 43.5 Å². The lowest BCUT2D eigenvalue weighted by Gasteiger charge is -2.14. The largest absolute Gasteiger partial charge is 0.352 e. The van der Waals surface area contributed by atoms with Crippen LogP contribution in [0.2, 0.25) is 0 Å². The first-order valence-electron chi connectivity index (χ1n) is 10.4. The number of benzene rings is 1. The molecule has 4 rings (SSSR count). The highest BCUT2D eigenvalue weighted by Crippen LogP contribution is 2.34. The van der Waals surface area contributed by atoms with E-state index in [0.29, 0.717) is 19.4 Å². The number of amides is 3. The Labute approximate surface area is 175 Å². The van der Waals surface area contributed by atoms with Crippen molar-refractivity contribution < 1.29 is 14.4 Å². The Morgan fingerprint density at radius 2 is 1.83 bits per heavy atom. The second-order valence-electron chi connectivity index (χ2n) is 7.93. The van der Waals surface area contributed by atoms with Gasteiger partial charge < -0.3 is 9.88 Å². The molecule has 0 saturated carbocycles. The van der Waals surface area contributed by atoms with Gasteiger partial charge in [-0.1, -0.05) is 36.4 Å². The fourth-order valence-electron chi connectivity index (χ4n) is 4.20. The lowest BCUT2D eigenvalue weighted by Crippen LogP contribution is -2.35. The molecule has 0 radical (unpaired) electrons. The van der Waals surface area contributed by atoms with E-state index < -0.39 is 0 Å². The molecule has 7 nitrogen and oxygen atoms in total. The number of aromatic nitrogens is 2. The van der Waals surface area contributed by atoms with Crippen LogP contribution in [0, 0.1) is 18.8 Å². The van der Waals surface area contributed by atoms with E-state index in [0.717, 1.165) is 23.5 Å². The monoisotopic (exact) mass is 406 g/mol. The number of rotatable bonds is 7. The van der Waals surface area contributed by atoms with Crippen molar-refractivity contribution in [1.29, 1.82) is 0 Å². The molecule has 1 aromatic heterocycles. The van der Waals surface area contributed by atoms with E-state index in [2.05, 4.69) is 20.9 Å². The molecule has 2 aliphatic rings. The number of imide groups is 1. The second kappa shape index (κ2) is 8.65. The van der Waals surface area contributed by atoms with Gasteiger partial charge >= 0.3 is 0 Å². The highest BCUT2D eigenvalue weighted by atomic mass is 16.2. The molecule has 2 aromatic rings. The molecule has 0 bridgehead atoms. The molecule has 1 N–H and O–H groups in total. The van der Waals surface area contributed by atoms with Crippen LogP contribution >= 0.6 is 0 Å². The summed E-state index contributed by atoms with van der Waals surface area (Å²) in [6.07, 6.45) is 9.01. The van der Waals surface area contributed by atoms with Gasteiger partial charge in [-0.05, 0) is 30.9 Å². The number of hydrogen-bond donors (Lipinski definition) is 1. The molecule has 1 aliphatic carbocycles. The van der Waals surface area contributed by atoms with Gasteiger partial charge in [0.1, 0.15) is 5.82 Å². The average molecular weight is 406 g/mol. The highest BCUT2D eigenvalue weighted by molar-refractivity contribution is 6.05. The highest BCUT2D eigenvalue weighted by Gasteiger charge is 2.46. The number of nitrogens with zero attached hydrogens (tertiary/aromatic N) is 3. The van der Waals surface area contributed by atoms with Gasteiger partial charge in [-0.2, -0.15) is 0 Å². The van der Waals surface area contributed by atoms with Crippen molar-refractivity contribution in [3.05, 3.63) is 65.8 Å². The molecule has 1 saturated heterocycles. The Kier molecular flexibility index (Phi) is 5.79. The van der Waals surface area contributed by atoms with E-state index in [4.69, 9.17) is 0 Å². The summed E-state index contributed by atoms with van der Waals surface area (Å²) in [5.74, 6) is 0.0314. The van der Waals surface area contributed by atoms with Crippen LogP contribution in [0.1, 0.15) is 36.2 Å². The van der Waals surface area contributed by atoms with Crippen molar-refractivity contribution in [3.8, 4) is 0 Å². The predicted molar refractivity (Wildman–Crippen MR) is 111 cm³/mol. The summed E-state index contributed by atoms with van der Waals surface area (Å²) >= 11 is 0. The molecule has 7 heteroatoms. The Balaban J connectivity index is 1.27. The molecule has 1 fully saturated rings. The van der Waals surface area contributed by atoms with E-state index in [9.17, 15) is 14.4 Å². The van der Waals surface area contributed by atoms with Crippen LogP contribution in [0.4, 0.5) is 0 Å². The maximum atomic E-state index is 12.5. The minimum absolute atomic E-state index is 0.123. The number of aryl methyl sites for hydroxylation is 1. The van der Waals surface area contributed by atoms with Crippen LogP contribution in [-0.2, 0) is 27.5 Å². The Bertz CT molecular complexity index is 968. The molecular formula is C23H26N4O3.